The fourth-order valence-corrected chi connectivity index (χ4v) is 5.45. The number of Topliss-reactive ketones (excluding diaryl/α,β-unsaturated/α-hetero) is 1. The molecule has 0 radical (unpaired) electrons. The topological polar surface area (TPSA) is 70.5 Å². The molecule has 1 aliphatic heterocycles. The molecule has 1 amide bonds. The minimum Gasteiger partial charge on any atom is -0.507 e. The Hall–Kier alpha value is -3.00. The molecule has 0 bridgehead atoms. The van der Waals surface area contributed by atoms with E-state index in [0.29, 0.717) is 26.8 Å². The highest BCUT2D eigenvalue weighted by Gasteiger charge is 2.48. The summed E-state index contributed by atoms with van der Waals surface area (Å²) in [5.74, 6) is -1.72. The Balaban J connectivity index is 1.75. The SMILES string of the molecule is O=C1C(=O)N(c2nc3ccc(Cl)cc3s2)C(c2cccc(Br)c2)C1=C(O)c1ccccc1. The van der Waals surface area contributed by atoms with Crippen LogP contribution in [0.5, 0.6) is 0 Å². The van der Waals surface area contributed by atoms with Crippen molar-refractivity contribution in [2.75, 3.05) is 4.90 Å². The van der Waals surface area contributed by atoms with Gasteiger partial charge in [0.15, 0.2) is 5.13 Å². The summed E-state index contributed by atoms with van der Waals surface area (Å²) in [4.78, 5) is 32.3. The number of nitrogens with zero attached hydrogens (tertiary/aromatic N) is 2. The van der Waals surface area contributed by atoms with Crippen LogP contribution in [0.2, 0.25) is 5.02 Å². The maximum absolute atomic E-state index is 13.2. The number of benzene rings is 3. The van der Waals surface area contributed by atoms with E-state index in [1.54, 1.807) is 42.5 Å². The number of fused-ring (bicyclic) bond motifs is 1. The number of hydrogen-bond acceptors (Lipinski definition) is 5. The third-order valence-electron chi connectivity index (χ3n) is 5.20. The van der Waals surface area contributed by atoms with Gasteiger partial charge >= 0.3 is 5.91 Å². The minimum absolute atomic E-state index is 0.0246. The number of ketones is 1. The van der Waals surface area contributed by atoms with Crippen LogP contribution in [0.4, 0.5) is 5.13 Å². The molecule has 2 heterocycles. The average molecular weight is 526 g/mol. The number of anilines is 1. The van der Waals surface area contributed by atoms with Crippen molar-refractivity contribution in [2.45, 2.75) is 6.04 Å². The molecule has 0 aliphatic carbocycles. The lowest BCUT2D eigenvalue weighted by atomic mass is 9.95. The van der Waals surface area contributed by atoms with Crippen LogP contribution in [-0.4, -0.2) is 21.8 Å². The van der Waals surface area contributed by atoms with E-state index in [9.17, 15) is 14.7 Å². The predicted molar refractivity (Wildman–Crippen MR) is 130 cm³/mol. The predicted octanol–water partition coefficient (Wildman–Crippen LogP) is 6.34. The zero-order valence-electron chi connectivity index (χ0n) is 16.3. The summed E-state index contributed by atoms with van der Waals surface area (Å²) in [6.07, 6.45) is 0. The highest BCUT2D eigenvalue weighted by Crippen LogP contribution is 2.44. The third-order valence-corrected chi connectivity index (χ3v) is 6.95. The molecule has 3 aromatic carbocycles. The van der Waals surface area contributed by atoms with Crippen LogP contribution in [0, 0.1) is 0 Å². The van der Waals surface area contributed by atoms with Crippen molar-refractivity contribution in [1.82, 2.24) is 4.98 Å². The Kier molecular flexibility index (Phi) is 5.33. The van der Waals surface area contributed by atoms with Crippen LogP contribution in [0.25, 0.3) is 16.0 Å². The Morgan fingerprint density at radius 2 is 1.81 bits per heavy atom. The smallest absolute Gasteiger partial charge is 0.301 e. The molecule has 8 heteroatoms. The van der Waals surface area contributed by atoms with Gasteiger partial charge in [0.1, 0.15) is 5.76 Å². The second-order valence-corrected chi connectivity index (χ2v) is 9.56. The fraction of sp³-hybridized carbons (Fsp3) is 0.0417. The van der Waals surface area contributed by atoms with E-state index < -0.39 is 17.7 Å². The van der Waals surface area contributed by atoms with Crippen molar-refractivity contribution < 1.29 is 14.7 Å². The standard InChI is InChI=1S/C24H14BrClN2O3S/c25-15-8-4-7-14(11-15)20-19(21(29)13-5-2-1-3-6-13)22(30)23(31)28(20)24-27-17-10-9-16(26)12-18(17)32-24/h1-12,20,29H. The normalized spacial score (nSPS) is 17.9. The van der Waals surface area contributed by atoms with Crippen molar-refractivity contribution in [2.24, 2.45) is 0 Å². The molecule has 1 unspecified atom stereocenters. The third kappa shape index (κ3) is 3.52. The lowest BCUT2D eigenvalue weighted by molar-refractivity contribution is -0.132. The first-order valence-corrected chi connectivity index (χ1v) is 11.6. The Morgan fingerprint density at radius 1 is 1.03 bits per heavy atom. The van der Waals surface area contributed by atoms with Gasteiger partial charge in [0.2, 0.25) is 0 Å². The van der Waals surface area contributed by atoms with Gasteiger partial charge in [-0.15, -0.1) is 0 Å². The maximum Gasteiger partial charge on any atom is 0.301 e. The van der Waals surface area contributed by atoms with Gasteiger partial charge in [-0.25, -0.2) is 4.98 Å². The highest BCUT2D eigenvalue weighted by atomic mass is 79.9. The minimum atomic E-state index is -0.830. The van der Waals surface area contributed by atoms with E-state index >= 15 is 0 Å². The van der Waals surface area contributed by atoms with E-state index in [1.165, 1.54) is 16.2 Å². The fourth-order valence-electron chi connectivity index (χ4n) is 3.76. The second-order valence-electron chi connectivity index (χ2n) is 7.20. The van der Waals surface area contributed by atoms with Gasteiger partial charge in [0, 0.05) is 15.1 Å². The van der Waals surface area contributed by atoms with Gasteiger partial charge in [-0.3, -0.25) is 14.5 Å². The summed E-state index contributed by atoms with van der Waals surface area (Å²) < 4.78 is 1.59. The monoisotopic (exact) mass is 524 g/mol. The van der Waals surface area contributed by atoms with Gasteiger partial charge in [-0.2, -0.15) is 0 Å². The Morgan fingerprint density at radius 3 is 2.56 bits per heavy atom. The second kappa shape index (κ2) is 8.16. The molecule has 5 nitrogen and oxygen atoms in total. The molecule has 4 aromatic rings. The van der Waals surface area contributed by atoms with Crippen LogP contribution in [0.15, 0.2) is 82.8 Å². The Labute approximate surface area is 200 Å². The first-order valence-electron chi connectivity index (χ1n) is 9.62. The number of aliphatic hydroxyl groups excluding tert-OH is 1. The number of aromatic nitrogens is 1. The zero-order valence-corrected chi connectivity index (χ0v) is 19.5. The lowest BCUT2D eigenvalue weighted by Gasteiger charge is -2.23. The maximum atomic E-state index is 13.2. The van der Waals surface area contributed by atoms with E-state index in [-0.39, 0.29) is 11.3 Å². The average Bonchev–Trinajstić information content (AvgIpc) is 3.32. The van der Waals surface area contributed by atoms with Crippen molar-refractivity contribution in [3.63, 3.8) is 0 Å². The lowest BCUT2D eigenvalue weighted by Crippen LogP contribution is -2.29. The molecule has 0 saturated carbocycles. The summed E-state index contributed by atoms with van der Waals surface area (Å²) in [6.45, 7) is 0. The largest absolute Gasteiger partial charge is 0.507 e. The number of halogens is 2. The molecular weight excluding hydrogens is 512 g/mol. The number of carbonyl (C=O) groups is 2. The molecule has 1 atom stereocenters. The van der Waals surface area contributed by atoms with E-state index in [2.05, 4.69) is 20.9 Å². The van der Waals surface area contributed by atoms with Gasteiger partial charge in [0.05, 0.1) is 21.8 Å². The summed E-state index contributed by atoms with van der Waals surface area (Å²) in [5, 5.41) is 12.0. The molecule has 1 fully saturated rings. The summed E-state index contributed by atoms with van der Waals surface area (Å²) in [5.41, 5.74) is 1.83. The Bertz CT molecular complexity index is 1420. The van der Waals surface area contributed by atoms with Gasteiger partial charge in [-0.05, 0) is 35.9 Å². The molecular formula is C24H14BrClN2O3S. The van der Waals surface area contributed by atoms with Crippen molar-refractivity contribution >= 4 is 71.7 Å². The van der Waals surface area contributed by atoms with Crippen LogP contribution < -0.4 is 4.90 Å². The van der Waals surface area contributed by atoms with Crippen LogP contribution in [-0.2, 0) is 9.59 Å². The molecule has 1 aliphatic rings. The van der Waals surface area contributed by atoms with Gasteiger partial charge in [-0.1, -0.05) is 81.3 Å². The highest BCUT2D eigenvalue weighted by molar-refractivity contribution is 9.10. The number of thiazole rings is 1. The van der Waals surface area contributed by atoms with Crippen molar-refractivity contribution in [3.05, 3.63) is 99.0 Å². The van der Waals surface area contributed by atoms with E-state index in [0.717, 1.165) is 9.17 Å². The number of amides is 1. The molecule has 0 spiro atoms. The summed E-state index contributed by atoms with van der Waals surface area (Å²) in [7, 11) is 0. The first kappa shape index (κ1) is 20.9. The van der Waals surface area contributed by atoms with Gasteiger partial charge in [0.25, 0.3) is 5.78 Å². The first-order chi connectivity index (χ1) is 15.4. The van der Waals surface area contributed by atoms with E-state index in [1.807, 2.05) is 30.3 Å². The number of aliphatic hydroxyl groups is 1. The van der Waals surface area contributed by atoms with Crippen molar-refractivity contribution in [3.8, 4) is 0 Å². The van der Waals surface area contributed by atoms with Crippen molar-refractivity contribution in [1.29, 1.82) is 0 Å². The van der Waals surface area contributed by atoms with Crippen LogP contribution in [0.1, 0.15) is 17.2 Å². The number of rotatable bonds is 3. The molecule has 1 saturated heterocycles. The molecule has 1 N–H and O–H groups in total. The molecule has 5 rings (SSSR count). The molecule has 1 aromatic heterocycles. The summed E-state index contributed by atoms with van der Waals surface area (Å²) in [6, 6.07) is 20.5. The summed E-state index contributed by atoms with van der Waals surface area (Å²) >= 11 is 10.8. The zero-order chi connectivity index (χ0) is 22.4. The quantitative estimate of drug-likeness (QED) is 0.192. The number of hydrogen-bond donors (Lipinski definition) is 1. The number of carbonyl (C=O) groups excluding carboxylic acids is 2. The molecule has 158 valence electrons. The van der Waals surface area contributed by atoms with Crippen LogP contribution in [0.3, 0.4) is 0 Å². The van der Waals surface area contributed by atoms with Crippen LogP contribution >= 0.6 is 38.9 Å². The molecule has 32 heavy (non-hydrogen) atoms. The van der Waals surface area contributed by atoms with Gasteiger partial charge < -0.3 is 5.11 Å². The van der Waals surface area contributed by atoms with E-state index in [4.69, 9.17) is 11.6 Å².